The summed E-state index contributed by atoms with van der Waals surface area (Å²) in [6, 6.07) is 15.2. The molecule has 2 aromatic carbocycles. The van der Waals surface area contributed by atoms with Gasteiger partial charge in [0.15, 0.2) is 0 Å². The van der Waals surface area contributed by atoms with Gasteiger partial charge in [0.25, 0.3) is 5.91 Å². The normalized spacial score (nSPS) is 11.1. The number of carbonyl (C=O) groups excluding carboxylic acids is 1. The van der Waals surface area contributed by atoms with Gasteiger partial charge in [-0.15, -0.1) is 0 Å². The molecule has 7 heteroatoms. The van der Waals surface area contributed by atoms with Gasteiger partial charge in [-0.1, -0.05) is 17.7 Å². The summed E-state index contributed by atoms with van der Waals surface area (Å²) >= 11 is 0. The lowest BCUT2D eigenvalue weighted by molar-refractivity contribution is -0.137. The number of aromatic nitrogens is 1. The summed E-state index contributed by atoms with van der Waals surface area (Å²) in [6.07, 6.45) is -2.87. The van der Waals surface area contributed by atoms with Crippen LogP contribution in [0.4, 0.5) is 30.4 Å². The molecule has 0 aliphatic heterocycles. The molecule has 0 unspecified atom stereocenters. The van der Waals surface area contributed by atoms with E-state index in [0.717, 1.165) is 17.7 Å². The highest BCUT2D eigenvalue weighted by Crippen LogP contribution is 2.30. The fourth-order valence-corrected chi connectivity index (χ4v) is 2.43. The summed E-state index contributed by atoms with van der Waals surface area (Å²) in [5.41, 5.74) is 1.89. The van der Waals surface area contributed by atoms with Gasteiger partial charge in [0.05, 0.1) is 17.4 Å². The lowest BCUT2D eigenvalue weighted by Crippen LogP contribution is -2.13. The number of alkyl halides is 3. The topological polar surface area (TPSA) is 54.0 Å². The van der Waals surface area contributed by atoms with Crippen molar-refractivity contribution in [3.63, 3.8) is 0 Å². The SMILES string of the molecule is Cc1cccc(C(=O)Nc2ccc(Nc3ccc(C(F)(F)F)cc3)cn2)c1. The molecule has 0 radical (unpaired) electrons. The fourth-order valence-electron chi connectivity index (χ4n) is 2.43. The molecular weight excluding hydrogens is 355 g/mol. The lowest BCUT2D eigenvalue weighted by atomic mass is 10.1. The number of benzene rings is 2. The summed E-state index contributed by atoms with van der Waals surface area (Å²) < 4.78 is 37.7. The number of nitrogens with zero attached hydrogens (tertiary/aromatic N) is 1. The number of amides is 1. The third-order valence-corrected chi connectivity index (χ3v) is 3.79. The van der Waals surface area contributed by atoms with Crippen LogP contribution in [-0.4, -0.2) is 10.9 Å². The van der Waals surface area contributed by atoms with E-state index in [4.69, 9.17) is 0 Å². The minimum atomic E-state index is -4.36. The zero-order chi connectivity index (χ0) is 19.4. The fraction of sp³-hybridized carbons (Fsp3) is 0.100. The molecule has 3 rings (SSSR count). The monoisotopic (exact) mass is 371 g/mol. The van der Waals surface area contributed by atoms with E-state index in [1.165, 1.54) is 18.3 Å². The van der Waals surface area contributed by atoms with Crippen molar-refractivity contribution in [2.45, 2.75) is 13.1 Å². The zero-order valence-corrected chi connectivity index (χ0v) is 14.3. The molecule has 1 amide bonds. The van der Waals surface area contributed by atoms with Crippen molar-refractivity contribution in [2.24, 2.45) is 0 Å². The second-order valence-corrected chi connectivity index (χ2v) is 5.96. The number of hydrogen-bond acceptors (Lipinski definition) is 3. The largest absolute Gasteiger partial charge is 0.416 e. The molecule has 4 nitrogen and oxygen atoms in total. The molecule has 0 atom stereocenters. The highest BCUT2D eigenvalue weighted by molar-refractivity contribution is 6.03. The quantitative estimate of drug-likeness (QED) is 0.645. The molecule has 0 aliphatic carbocycles. The number of nitrogens with one attached hydrogen (secondary N) is 2. The van der Waals surface area contributed by atoms with Crippen LogP contribution < -0.4 is 10.6 Å². The first-order chi connectivity index (χ1) is 12.8. The molecule has 3 aromatic rings. The average Bonchev–Trinajstić information content (AvgIpc) is 2.63. The molecule has 1 heterocycles. The van der Waals surface area contributed by atoms with E-state index < -0.39 is 11.7 Å². The average molecular weight is 371 g/mol. The van der Waals surface area contributed by atoms with Gasteiger partial charge in [-0.2, -0.15) is 13.2 Å². The molecule has 0 spiro atoms. The maximum Gasteiger partial charge on any atom is 0.416 e. The molecule has 0 aliphatic rings. The van der Waals surface area contributed by atoms with Crippen LogP contribution in [0.25, 0.3) is 0 Å². The van der Waals surface area contributed by atoms with Crippen LogP contribution >= 0.6 is 0 Å². The Bertz CT molecular complexity index is 936. The number of hydrogen-bond donors (Lipinski definition) is 2. The summed E-state index contributed by atoms with van der Waals surface area (Å²) in [5, 5.41) is 5.66. The van der Waals surface area contributed by atoms with E-state index in [1.807, 2.05) is 13.0 Å². The van der Waals surface area contributed by atoms with Crippen molar-refractivity contribution in [1.82, 2.24) is 4.98 Å². The summed E-state index contributed by atoms with van der Waals surface area (Å²) in [7, 11) is 0. The standard InChI is InChI=1S/C20H16F3N3O/c1-13-3-2-4-14(11-13)19(27)26-18-10-9-17(12-24-18)25-16-7-5-15(6-8-16)20(21,22)23/h2-12,25H,1H3,(H,24,26,27). The Labute approximate surface area is 154 Å². The maximum absolute atomic E-state index is 12.6. The number of aryl methyl sites for hydroxylation is 1. The van der Waals surface area contributed by atoms with Crippen LogP contribution in [0.5, 0.6) is 0 Å². The van der Waals surface area contributed by atoms with Gasteiger partial charge in [-0.25, -0.2) is 4.98 Å². The van der Waals surface area contributed by atoms with E-state index in [0.29, 0.717) is 22.8 Å². The Morgan fingerprint density at radius 1 is 0.963 bits per heavy atom. The Morgan fingerprint density at radius 3 is 2.26 bits per heavy atom. The van der Waals surface area contributed by atoms with E-state index >= 15 is 0 Å². The van der Waals surface area contributed by atoms with Crippen molar-refractivity contribution < 1.29 is 18.0 Å². The molecule has 1 aromatic heterocycles. The first-order valence-electron chi connectivity index (χ1n) is 8.09. The van der Waals surface area contributed by atoms with E-state index in [-0.39, 0.29) is 5.91 Å². The van der Waals surface area contributed by atoms with E-state index in [9.17, 15) is 18.0 Å². The molecule has 2 N–H and O–H groups in total. The lowest BCUT2D eigenvalue weighted by Gasteiger charge is -2.10. The van der Waals surface area contributed by atoms with Crippen LogP contribution in [0.15, 0.2) is 66.9 Å². The number of pyridine rings is 1. The van der Waals surface area contributed by atoms with Crippen LogP contribution in [0.3, 0.4) is 0 Å². The Morgan fingerprint density at radius 2 is 1.67 bits per heavy atom. The van der Waals surface area contributed by atoms with Gasteiger partial charge in [0.1, 0.15) is 5.82 Å². The first kappa shape index (κ1) is 18.4. The number of halogens is 3. The molecule has 0 saturated carbocycles. The summed E-state index contributed by atoms with van der Waals surface area (Å²) in [6.45, 7) is 1.90. The summed E-state index contributed by atoms with van der Waals surface area (Å²) in [5.74, 6) is 0.106. The van der Waals surface area contributed by atoms with Crippen molar-refractivity contribution in [2.75, 3.05) is 10.6 Å². The van der Waals surface area contributed by atoms with Crippen LogP contribution in [0, 0.1) is 6.92 Å². The van der Waals surface area contributed by atoms with Gasteiger partial charge in [0.2, 0.25) is 0 Å². The molecular formula is C20H16F3N3O. The second-order valence-electron chi connectivity index (χ2n) is 5.96. The summed E-state index contributed by atoms with van der Waals surface area (Å²) in [4.78, 5) is 16.3. The van der Waals surface area contributed by atoms with Crippen molar-refractivity contribution in [1.29, 1.82) is 0 Å². The number of anilines is 3. The van der Waals surface area contributed by atoms with Gasteiger partial charge in [-0.3, -0.25) is 4.79 Å². The van der Waals surface area contributed by atoms with E-state index in [1.54, 1.807) is 30.3 Å². The zero-order valence-electron chi connectivity index (χ0n) is 14.3. The number of rotatable bonds is 4. The van der Waals surface area contributed by atoms with Crippen molar-refractivity contribution in [3.05, 3.63) is 83.6 Å². The minimum absolute atomic E-state index is 0.269. The Kier molecular flexibility index (Phi) is 5.12. The number of carbonyl (C=O) groups is 1. The van der Waals surface area contributed by atoms with Crippen LogP contribution in [0.1, 0.15) is 21.5 Å². The predicted octanol–water partition coefficient (Wildman–Crippen LogP) is 5.40. The van der Waals surface area contributed by atoms with Gasteiger partial charge in [0, 0.05) is 11.3 Å². The van der Waals surface area contributed by atoms with Crippen molar-refractivity contribution >= 4 is 23.1 Å². The first-order valence-corrected chi connectivity index (χ1v) is 8.09. The molecule has 0 saturated heterocycles. The van der Waals surface area contributed by atoms with Gasteiger partial charge >= 0.3 is 6.18 Å². The smallest absolute Gasteiger partial charge is 0.354 e. The molecule has 27 heavy (non-hydrogen) atoms. The molecule has 138 valence electrons. The molecule has 0 bridgehead atoms. The van der Waals surface area contributed by atoms with Crippen LogP contribution in [0.2, 0.25) is 0 Å². The molecule has 0 fully saturated rings. The van der Waals surface area contributed by atoms with Crippen molar-refractivity contribution in [3.8, 4) is 0 Å². The predicted molar refractivity (Wildman–Crippen MR) is 98.1 cm³/mol. The van der Waals surface area contributed by atoms with Crippen LogP contribution in [-0.2, 0) is 6.18 Å². The Hall–Kier alpha value is -3.35. The van der Waals surface area contributed by atoms with Gasteiger partial charge < -0.3 is 10.6 Å². The van der Waals surface area contributed by atoms with Gasteiger partial charge in [-0.05, 0) is 55.5 Å². The maximum atomic E-state index is 12.6. The van der Waals surface area contributed by atoms with E-state index in [2.05, 4.69) is 15.6 Å². The third kappa shape index (κ3) is 4.84. The highest BCUT2D eigenvalue weighted by atomic mass is 19.4. The third-order valence-electron chi connectivity index (χ3n) is 3.79. The second kappa shape index (κ2) is 7.49. The highest BCUT2D eigenvalue weighted by Gasteiger charge is 2.29. The minimum Gasteiger partial charge on any atom is -0.354 e. The Balaban J connectivity index is 1.64.